The van der Waals surface area contributed by atoms with Crippen LogP contribution in [0.25, 0.3) is 0 Å². The molecule has 25 heavy (non-hydrogen) atoms. The summed E-state index contributed by atoms with van der Waals surface area (Å²) in [6, 6.07) is 14.7. The fourth-order valence-corrected chi connectivity index (χ4v) is 5.17. The molecule has 1 fully saturated rings. The summed E-state index contributed by atoms with van der Waals surface area (Å²) in [4.78, 5) is 11.7. The Labute approximate surface area is 147 Å². The highest BCUT2D eigenvalue weighted by Gasteiger charge is 2.29. The Kier molecular flexibility index (Phi) is 4.00. The van der Waals surface area contributed by atoms with Gasteiger partial charge in [0.05, 0.1) is 10.6 Å². The first-order chi connectivity index (χ1) is 12.1. The Morgan fingerprint density at radius 3 is 2.52 bits per heavy atom. The third kappa shape index (κ3) is 2.91. The van der Waals surface area contributed by atoms with Crippen LogP contribution in [0.2, 0.25) is 0 Å². The molecule has 1 N–H and O–H groups in total. The van der Waals surface area contributed by atoms with Crippen molar-refractivity contribution in [1.29, 1.82) is 0 Å². The van der Waals surface area contributed by atoms with E-state index >= 15 is 0 Å². The SMILES string of the molecule is O=C1CC(c2ccc(S(=O)(=O)N3CCCc4ccccc43)cc2)CN1. The summed E-state index contributed by atoms with van der Waals surface area (Å²) in [5.74, 6) is 0.173. The number of amides is 1. The average molecular weight is 356 g/mol. The van der Waals surface area contributed by atoms with E-state index in [0.717, 1.165) is 29.7 Å². The predicted molar refractivity (Wildman–Crippen MR) is 96.1 cm³/mol. The number of hydrogen-bond acceptors (Lipinski definition) is 3. The van der Waals surface area contributed by atoms with E-state index in [0.29, 0.717) is 24.4 Å². The summed E-state index contributed by atoms with van der Waals surface area (Å²) in [6.45, 7) is 1.12. The second kappa shape index (κ2) is 6.19. The van der Waals surface area contributed by atoms with Crippen LogP contribution >= 0.6 is 0 Å². The van der Waals surface area contributed by atoms with Gasteiger partial charge in [0.1, 0.15) is 0 Å². The average Bonchev–Trinajstić information content (AvgIpc) is 3.08. The maximum Gasteiger partial charge on any atom is 0.264 e. The third-order valence-electron chi connectivity index (χ3n) is 4.98. The molecule has 0 saturated carbocycles. The topological polar surface area (TPSA) is 66.5 Å². The lowest BCUT2D eigenvalue weighted by atomic mass is 9.99. The molecule has 1 amide bonds. The van der Waals surface area contributed by atoms with E-state index in [-0.39, 0.29) is 11.8 Å². The number of rotatable bonds is 3. The molecule has 130 valence electrons. The van der Waals surface area contributed by atoms with E-state index in [1.807, 2.05) is 36.4 Å². The first kappa shape index (κ1) is 16.1. The van der Waals surface area contributed by atoms with Crippen molar-refractivity contribution >= 4 is 21.6 Å². The van der Waals surface area contributed by atoms with E-state index in [2.05, 4.69) is 5.32 Å². The molecule has 2 aromatic rings. The van der Waals surface area contributed by atoms with Crippen LogP contribution in [-0.2, 0) is 21.2 Å². The molecule has 1 unspecified atom stereocenters. The Bertz CT molecular complexity index is 907. The summed E-state index contributed by atoms with van der Waals surface area (Å²) in [5.41, 5.74) is 2.85. The zero-order valence-electron chi connectivity index (χ0n) is 13.8. The Morgan fingerprint density at radius 2 is 1.80 bits per heavy atom. The molecule has 4 rings (SSSR count). The molecule has 0 aliphatic carbocycles. The maximum absolute atomic E-state index is 13.1. The molecule has 1 atom stereocenters. The lowest BCUT2D eigenvalue weighted by molar-refractivity contribution is -0.119. The van der Waals surface area contributed by atoms with Crippen molar-refractivity contribution in [1.82, 2.24) is 5.32 Å². The van der Waals surface area contributed by atoms with E-state index in [4.69, 9.17) is 0 Å². The summed E-state index contributed by atoms with van der Waals surface area (Å²) >= 11 is 0. The van der Waals surface area contributed by atoms with Crippen molar-refractivity contribution in [2.75, 3.05) is 17.4 Å². The predicted octanol–water partition coefficient (Wildman–Crippen LogP) is 2.43. The number of anilines is 1. The van der Waals surface area contributed by atoms with Gasteiger partial charge in [0, 0.05) is 25.4 Å². The summed E-state index contributed by atoms with van der Waals surface area (Å²) in [7, 11) is -3.58. The molecule has 5 nitrogen and oxygen atoms in total. The lowest BCUT2D eigenvalue weighted by Crippen LogP contribution is -2.35. The molecular formula is C19H20N2O3S. The van der Waals surface area contributed by atoms with Gasteiger partial charge in [0.25, 0.3) is 10.0 Å². The highest BCUT2D eigenvalue weighted by Crippen LogP contribution is 2.32. The molecular weight excluding hydrogens is 336 g/mol. The number of fused-ring (bicyclic) bond motifs is 1. The number of carbonyl (C=O) groups excluding carboxylic acids is 1. The van der Waals surface area contributed by atoms with Gasteiger partial charge in [-0.3, -0.25) is 9.10 Å². The van der Waals surface area contributed by atoms with Crippen molar-refractivity contribution in [3.63, 3.8) is 0 Å². The van der Waals surface area contributed by atoms with Gasteiger partial charge in [-0.15, -0.1) is 0 Å². The van der Waals surface area contributed by atoms with E-state index in [9.17, 15) is 13.2 Å². The Balaban J connectivity index is 1.64. The number of para-hydroxylation sites is 1. The molecule has 6 heteroatoms. The standard InChI is InChI=1S/C19H20N2O3S/c22-19-12-16(13-20-19)14-7-9-17(10-8-14)25(23,24)21-11-3-5-15-4-1-2-6-18(15)21/h1-2,4,6-10,16H,3,5,11-13H2,(H,20,22). The van der Waals surface area contributed by atoms with Crippen LogP contribution in [-0.4, -0.2) is 27.4 Å². The fraction of sp³-hybridized carbons (Fsp3) is 0.316. The molecule has 0 aromatic heterocycles. The third-order valence-corrected chi connectivity index (χ3v) is 6.81. The number of sulfonamides is 1. The number of benzene rings is 2. The van der Waals surface area contributed by atoms with Gasteiger partial charge in [0.2, 0.25) is 5.91 Å². The van der Waals surface area contributed by atoms with E-state index in [1.165, 1.54) is 4.31 Å². The van der Waals surface area contributed by atoms with Gasteiger partial charge in [-0.1, -0.05) is 30.3 Å². The largest absolute Gasteiger partial charge is 0.355 e. The first-order valence-electron chi connectivity index (χ1n) is 8.53. The lowest BCUT2D eigenvalue weighted by Gasteiger charge is -2.30. The first-order valence-corrected chi connectivity index (χ1v) is 9.97. The molecule has 2 aromatic carbocycles. The van der Waals surface area contributed by atoms with Crippen molar-refractivity contribution in [3.8, 4) is 0 Å². The minimum absolute atomic E-state index is 0.0478. The van der Waals surface area contributed by atoms with Crippen molar-refractivity contribution in [3.05, 3.63) is 59.7 Å². The molecule has 1 saturated heterocycles. The van der Waals surface area contributed by atoms with Crippen LogP contribution in [0.5, 0.6) is 0 Å². The minimum Gasteiger partial charge on any atom is -0.355 e. The van der Waals surface area contributed by atoms with Crippen LogP contribution in [0.15, 0.2) is 53.4 Å². The number of aryl methyl sites for hydroxylation is 1. The van der Waals surface area contributed by atoms with Gasteiger partial charge >= 0.3 is 0 Å². The van der Waals surface area contributed by atoms with Crippen molar-refractivity contribution < 1.29 is 13.2 Å². The molecule has 2 aliphatic rings. The number of carbonyl (C=O) groups is 1. The molecule has 2 aliphatic heterocycles. The molecule has 2 heterocycles. The quantitative estimate of drug-likeness (QED) is 0.918. The highest BCUT2D eigenvalue weighted by molar-refractivity contribution is 7.92. The van der Waals surface area contributed by atoms with E-state index in [1.54, 1.807) is 12.1 Å². The Morgan fingerprint density at radius 1 is 1.04 bits per heavy atom. The molecule has 0 spiro atoms. The van der Waals surface area contributed by atoms with Crippen LogP contribution < -0.4 is 9.62 Å². The van der Waals surface area contributed by atoms with Crippen LogP contribution in [0.4, 0.5) is 5.69 Å². The van der Waals surface area contributed by atoms with Crippen molar-refractivity contribution in [2.24, 2.45) is 0 Å². The number of nitrogens with zero attached hydrogens (tertiary/aromatic N) is 1. The number of hydrogen-bond donors (Lipinski definition) is 1. The van der Waals surface area contributed by atoms with Gasteiger partial charge in [-0.05, 0) is 42.2 Å². The summed E-state index contributed by atoms with van der Waals surface area (Å²) in [5, 5.41) is 2.81. The normalized spacial score (nSPS) is 20.2. The van der Waals surface area contributed by atoms with Gasteiger partial charge in [0.15, 0.2) is 0 Å². The highest BCUT2D eigenvalue weighted by atomic mass is 32.2. The smallest absolute Gasteiger partial charge is 0.264 e. The second-order valence-electron chi connectivity index (χ2n) is 6.58. The van der Waals surface area contributed by atoms with Gasteiger partial charge in [-0.2, -0.15) is 0 Å². The van der Waals surface area contributed by atoms with Crippen molar-refractivity contribution in [2.45, 2.75) is 30.1 Å². The number of nitrogens with one attached hydrogen (secondary N) is 1. The van der Waals surface area contributed by atoms with Gasteiger partial charge < -0.3 is 5.32 Å². The molecule has 0 bridgehead atoms. The maximum atomic E-state index is 13.1. The summed E-state index contributed by atoms with van der Waals surface area (Å²) in [6.07, 6.45) is 2.19. The van der Waals surface area contributed by atoms with Crippen LogP contribution in [0.1, 0.15) is 29.9 Å². The monoisotopic (exact) mass is 356 g/mol. The zero-order valence-corrected chi connectivity index (χ0v) is 14.6. The summed E-state index contributed by atoms with van der Waals surface area (Å²) < 4.78 is 27.7. The Hall–Kier alpha value is -2.34. The van der Waals surface area contributed by atoms with Crippen LogP contribution in [0, 0.1) is 0 Å². The minimum atomic E-state index is -3.58. The fourth-order valence-electron chi connectivity index (χ4n) is 3.63. The van der Waals surface area contributed by atoms with Gasteiger partial charge in [-0.25, -0.2) is 8.42 Å². The second-order valence-corrected chi connectivity index (χ2v) is 8.45. The van der Waals surface area contributed by atoms with Crippen LogP contribution in [0.3, 0.4) is 0 Å². The molecule has 0 radical (unpaired) electrons. The van der Waals surface area contributed by atoms with E-state index < -0.39 is 10.0 Å². The zero-order chi connectivity index (χ0) is 17.4.